The molecule has 20 heavy (non-hydrogen) atoms. The summed E-state index contributed by atoms with van der Waals surface area (Å²) < 4.78 is 0. The lowest BCUT2D eigenvalue weighted by atomic mass is 10.1. The second kappa shape index (κ2) is 10.6. The highest BCUT2D eigenvalue weighted by atomic mass is 16.3. The van der Waals surface area contributed by atoms with Gasteiger partial charge in [-0.3, -0.25) is 0 Å². The number of nitrogens with zero attached hydrogens (tertiary/aromatic N) is 2. The van der Waals surface area contributed by atoms with Crippen molar-refractivity contribution in [3.05, 3.63) is 0 Å². The molecule has 2 saturated heterocycles. The molecule has 120 valence electrons. The molecule has 0 unspecified atom stereocenters. The molecule has 0 spiro atoms. The molecule has 4 heteroatoms. The van der Waals surface area contributed by atoms with Crippen LogP contribution >= 0.6 is 0 Å². The van der Waals surface area contributed by atoms with Crippen molar-refractivity contribution in [2.45, 2.75) is 64.6 Å². The fraction of sp³-hybridized carbons (Fsp3) is 1.00. The van der Waals surface area contributed by atoms with Crippen LogP contribution in [0, 0.1) is 0 Å². The second-order valence-electron chi connectivity index (χ2n) is 6.09. The second-order valence-corrected chi connectivity index (χ2v) is 6.09. The summed E-state index contributed by atoms with van der Waals surface area (Å²) in [4.78, 5) is 4.82. The zero-order valence-corrected chi connectivity index (χ0v) is 13.4. The average molecular weight is 286 g/mol. The summed E-state index contributed by atoms with van der Waals surface area (Å²) in [5, 5.41) is 18.3. The summed E-state index contributed by atoms with van der Waals surface area (Å²) >= 11 is 0. The molecule has 0 amide bonds. The lowest BCUT2D eigenvalue weighted by molar-refractivity contribution is 0.0820. The van der Waals surface area contributed by atoms with Crippen molar-refractivity contribution >= 4 is 0 Å². The molecule has 4 nitrogen and oxygen atoms in total. The minimum Gasteiger partial charge on any atom is -0.393 e. The third-order valence-electron chi connectivity index (χ3n) is 4.39. The molecule has 2 aliphatic heterocycles. The van der Waals surface area contributed by atoms with Crippen LogP contribution in [0.1, 0.15) is 52.4 Å². The summed E-state index contributed by atoms with van der Waals surface area (Å²) in [5.41, 5.74) is 0. The number of aliphatic hydroxyl groups excluding tert-OH is 2. The molecule has 2 rings (SSSR count). The van der Waals surface area contributed by atoms with Crippen molar-refractivity contribution in [2.24, 2.45) is 0 Å². The highest BCUT2D eigenvalue weighted by Gasteiger charge is 2.15. The summed E-state index contributed by atoms with van der Waals surface area (Å²) in [5.74, 6) is 0. The van der Waals surface area contributed by atoms with Crippen molar-refractivity contribution in [1.29, 1.82) is 0 Å². The van der Waals surface area contributed by atoms with E-state index in [2.05, 4.69) is 23.6 Å². The molecule has 0 atom stereocenters. The molecule has 2 aliphatic rings. The molecule has 0 radical (unpaired) electrons. The first-order chi connectivity index (χ1) is 9.65. The van der Waals surface area contributed by atoms with Gasteiger partial charge >= 0.3 is 0 Å². The van der Waals surface area contributed by atoms with Crippen molar-refractivity contribution in [1.82, 2.24) is 9.80 Å². The SMILES string of the molecule is CCCCN1CCC(O)CC1.CCN1CCC(O)CC1. The minimum absolute atomic E-state index is 0.0205. The van der Waals surface area contributed by atoms with Gasteiger partial charge in [0.25, 0.3) is 0 Å². The molecular weight excluding hydrogens is 252 g/mol. The molecular formula is C16H34N2O2. The van der Waals surface area contributed by atoms with Crippen molar-refractivity contribution in [2.75, 3.05) is 39.3 Å². The summed E-state index contributed by atoms with van der Waals surface area (Å²) in [7, 11) is 0. The number of hydrogen-bond acceptors (Lipinski definition) is 4. The van der Waals surface area contributed by atoms with E-state index in [-0.39, 0.29) is 12.2 Å². The first kappa shape index (κ1) is 17.9. The van der Waals surface area contributed by atoms with E-state index in [1.54, 1.807) is 0 Å². The van der Waals surface area contributed by atoms with E-state index in [0.717, 1.165) is 58.4 Å². The Morgan fingerprint density at radius 3 is 1.65 bits per heavy atom. The van der Waals surface area contributed by atoms with Crippen LogP contribution in [-0.4, -0.2) is 71.5 Å². The van der Waals surface area contributed by atoms with Gasteiger partial charge in [0, 0.05) is 26.2 Å². The first-order valence-corrected chi connectivity index (χ1v) is 8.46. The summed E-state index contributed by atoms with van der Waals surface area (Å²) in [6, 6.07) is 0. The maximum absolute atomic E-state index is 9.23. The maximum Gasteiger partial charge on any atom is 0.0564 e. The minimum atomic E-state index is -0.0206. The lowest BCUT2D eigenvalue weighted by Crippen LogP contribution is -2.36. The van der Waals surface area contributed by atoms with E-state index < -0.39 is 0 Å². The van der Waals surface area contributed by atoms with Gasteiger partial charge in [-0.2, -0.15) is 0 Å². The fourth-order valence-electron chi connectivity index (χ4n) is 2.76. The first-order valence-electron chi connectivity index (χ1n) is 8.46. The molecule has 2 N–H and O–H groups in total. The van der Waals surface area contributed by atoms with Crippen molar-refractivity contribution in [3.63, 3.8) is 0 Å². The Morgan fingerprint density at radius 1 is 0.800 bits per heavy atom. The van der Waals surface area contributed by atoms with Crippen molar-refractivity contribution in [3.8, 4) is 0 Å². The molecule has 0 aromatic heterocycles. The number of likely N-dealkylation sites (tertiary alicyclic amines) is 2. The predicted octanol–water partition coefficient (Wildman–Crippen LogP) is 1.71. The van der Waals surface area contributed by atoms with Gasteiger partial charge in [-0.05, 0) is 45.2 Å². The largest absolute Gasteiger partial charge is 0.393 e. The van der Waals surface area contributed by atoms with Gasteiger partial charge < -0.3 is 20.0 Å². The van der Waals surface area contributed by atoms with E-state index in [4.69, 9.17) is 5.11 Å². The van der Waals surface area contributed by atoms with E-state index in [1.165, 1.54) is 19.4 Å². The number of rotatable bonds is 4. The highest BCUT2D eigenvalue weighted by Crippen LogP contribution is 2.10. The van der Waals surface area contributed by atoms with Crippen LogP contribution in [0.5, 0.6) is 0 Å². The molecule has 2 fully saturated rings. The topological polar surface area (TPSA) is 46.9 Å². The van der Waals surface area contributed by atoms with Gasteiger partial charge in [-0.15, -0.1) is 0 Å². The molecule has 0 saturated carbocycles. The zero-order chi connectivity index (χ0) is 14.8. The molecule has 0 bridgehead atoms. The van der Waals surface area contributed by atoms with E-state index in [1.807, 2.05) is 0 Å². The third-order valence-corrected chi connectivity index (χ3v) is 4.39. The highest BCUT2D eigenvalue weighted by molar-refractivity contribution is 4.70. The Morgan fingerprint density at radius 2 is 1.25 bits per heavy atom. The third kappa shape index (κ3) is 7.58. The van der Waals surface area contributed by atoms with Crippen molar-refractivity contribution < 1.29 is 10.2 Å². The van der Waals surface area contributed by atoms with Gasteiger partial charge in [-0.25, -0.2) is 0 Å². The van der Waals surface area contributed by atoms with Crippen LogP contribution in [0.2, 0.25) is 0 Å². The smallest absolute Gasteiger partial charge is 0.0564 e. The van der Waals surface area contributed by atoms with Gasteiger partial charge in [-0.1, -0.05) is 20.3 Å². The Hall–Kier alpha value is -0.160. The maximum atomic E-state index is 9.23. The van der Waals surface area contributed by atoms with E-state index in [0.29, 0.717) is 0 Å². The number of unbranched alkanes of at least 4 members (excludes halogenated alkanes) is 1. The van der Waals surface area contributed by atoms with Gasteiger partial charge in [0.2, 0.25) is 0 Å². The van der Waals surface area contributed by atoms with Crippen LogP contribution < -0.4 is 0 Å². The lowest BCUT2D eigenvalue weighted by Gasteiger charge is -2.29. The number of piperidine rings is 2. The van der Waals surface area contributed by atoms with Crippen LogP contribution in [0.25, 0.3) is 0 Å². The number of hydrogen-bond donors (Lipinski definition) is 2. The predicted molar refractivity (Wildman–Crippen MR) is 83.9 cm³/mol. The van der Waals surface area contributed by atoms with Gasteiger partial charge in [0.05, 0.1) is 12.2 Å². The van der Waals surface area contributed by atoms with Gasteiger partial charge in [0.15, 0.2) is 0 Å². The quantitative estimate of drug-likeness (QED) is 0.826. The fourth-order valence-corrected chi connectivity index (χ4v) is 2.76. The normalized spacial score (nSPS) is 23.4. The van der Waals surface area contributed by atoms with Crippen LogP contribution in [0.15, 0.2) is 0 Å². The average Bonchev–Trinajstić information content (AvgIpc) is 2.48. The Labute approximate surface area is 124 Å². The molecule has 0 aromatic carbocycles. The van der Waals surface area contributed by atoms with Gasteiger partial charge in [0.1, 0.15) is 0 Å². The number of aliphatic hydroxyl groups is 2. The summed E-state index contributed by atoms with van der Waals surface area (Å²) in [6.07, 6.45) is 6.42. The monoisotopic (exact) mass is 286 g/mol. The van der Waals surface area contributed by atoms with E-state index >= 15 is 0 Å². The van der Waals surface area contributed by atoms with E-state index in [9.17, 15) is 5.11 Å². The molecule has 2 heterocycles. The molecule has 0 aromatic rings. The Balaban J connectivity index is 0.000000204. The zero-order valence-electron chi connectivity index (χ0n) is 13.4. The van der Waals surface area contributed by atoms with Crippen LogP contribution in [-0.2, 0) is 0 Å². The Bertz CT molecular complexity index is 220. The summed E-state index contributed by atoms with van der Waals surface area (Å²) in [6.45, 7) is 11.1. The standard InChI is InChI=1S/C9H19NO.C7H15NO/c1-2-3-6-10-7-4-9(11)5-8-10;1-2-8-5-3-7(9)4-6-8/h9,11H,2-8H2,1H3;7,9H,2-6H2,1H3. The molecule has 0 aliphatic carbocycles. The Kier molecular flexibility index (Phi) is 9.44. The van der Waals surface area contributed by atoms with Crippen LogP contribution in [0.4, 0.5) is 0 Å². The van der Waals surface area contributed by atoms with Crippen LogP contribution in [0.3, 0.4) is 0 Å².